The Balaban J connectivity index is 1.63. The molecular weight excluding hydrogens is 445 g/mol. The molecule has 5 atom stereocenters. The first-order chi connectivity index (χ1) is 15.2. The van der Waals surface area contributed by atoms with E-state index in [-0.39, 0.29) is 22.4 Å². The second-order valence-corrected chi connectivity index (χ2v) is 8.01. The molecule has 4 rings (SSSR count). The lowest BCUT2D eigenvalue weighted by molar-refractivity contribution is -0.0848. The third-order valence-electron chi connectivity index (χ3n) is 5.29. The number of ether oxygens (including phenoxy) is 1. The largest absolute Gasteiger partial charge is 0.387 e. The molecular formula is C20H21ClFN5O5. The lowest BCUT2D eigenvalue weighted by Crippen LogP contribution is -2.34. The fourth-order valence-corrected chi connectivity index (χ4v) is 3.67. The fraction of sp³-hybridized carbons (Fsp3) is 0.350. The standard InChI is InChI=1S/C20H21ClFN5O5/c1-26(2)20(31)25-17-10-5-6-27(18(10)24-8-23-17)19-15(30)14(29)16(32-19)13(28)9-3-4-11(21)12(22)7-9/h3-8,13-16,19,28-30H,1-2H3,(H,23,24,25,31)/t13?,14-,15+,16+,19+/m0/s1. The number of aliphatic hydroxyl groups is 3. The van der Waals surface area contributed by atoms with Gasteiger partial charge in [0.15, 0.2) is 6.23 Å². The maximum absolute atomic E-state index is 13.8. The van der Waals surface area contributed by atoms with E-state index in [4.69, 9.17) is 16.3 Å². The Bertz CT molecular complexity index is 1160. The van der Waals surface area contributed by atoms with Gasteiger partial charge in [-0.25, -0.2) is 19.2 Å². The minimum atomic E-state index is -1.47. The molecule has 0 saturated carbocycles. The lowest BCUT2D eigenvalue weighted by Gasteiger charge is -2.21. The van der Waals surface area contributed by atoms with E-state index in [2.05, 4.69) is 15.3 Å². The number of benzene rings is 1. The molecule has 32 heavy (non-hydrogen) atoms. The smallest absolute Gasteiger partial charge is 0.322 e. The quantitative estimate of drug-likeness (QED) is 0.460. The van der Waals surface area contributed by atoms with Gasteiger partial charge in [-0.05, 0) is 23.8 Å². The van der Waals surface area contributed by atoms with Crippen molar-refractivity contribution in [2.45, 2.75) is 30.6 Å². The average molecular weight is 466 g/mol. The molecule has 1 aliphatic rings. The summed E-state index contributed by atoms with van der Waals surface area (Å²) in [4.78, 5) is 21.6. The van der Waals surface area contributed by atoms with Crippen molar-refractivity contribution in [1.29, 1.82) is 0 Å². The lowest BCUT2D eigenvalue weighted by atomic mass is 9.99. The summed E-state index contributed by atoms with van der Waals surface area (Å²) in [5.74, 6) is -0.470. The fourth-order valence-electron chi connectivity index (χ4n) is 3.55. The number of halogens is 2. The minimum Gasteiger partial charge on any atom is -0.387 e. The molecule has 1 aromatic carbocycles. The molecule has 2 amide bonds. The molecule has 170 valence electrons. The predicted molar refractivity (Wildman–Crippen MR) is 113 cm³/mol. The minimum absolute atomic E-state index is 0.109. The number of carbonyl (C=O) groups excluding carboxylic acids is 1. The van der Waals surface area contributed by atoms with Crippen LogP contribution in [-0.4, -0.2) is 73.2 Å². The van der Waals surface area contributed by atoms with Crippen LogP contribution in [0.4, 0.5) is 15.0 Å². The third kappa shape index (κ3) is 3.89. The van der Waals surface area contributed by atoms with Crippen LogP contribution in [0.3, 0.4) is 0 Å². The van der Waals surface area contributed by atoms with Crippen molar-refractivity contribution in [3.8, 4) is 0 Å². The number of urea groups is 1. The Morgan fingerprint density at radius 2 is 2.03 bits per heavy atom. The second kappa shape index (κ2) is 8.60. The number of amides is 2. The van der Waals surface area contributed by atoms with Gasteiger partial charge in [0.2, 0.25) is 0 Å². The van der Waals surface area contributed by atoms with Crippen LogP contribution >= 0.6 is 11.6 Å². The highest BCUT2D eigenvalue weighted by molar-refractivity contribution is 6.30. The highest BCUT2D eigenvalue weighted by atomic mass is 35.5. The van der Waals surface area contributed by atoms with Gasteiger partial charge in [-0.1, -0.05) is 17.7 Å². The van der Waals surface area contributed by atoms with Crippen LogP contribution in [0.5, 0.6) is 0 Å². The van der Waals surface area contributed by atoms with Crippen molar-refractivity contribution in [3.63, 3.8) is 0 Å². The molecule has 1 fully saturated rings. The number of hydrogen-bond acceptors (Lipinski definition) is 7. The number of nitrogens with one attached hydrogen (secondary N) is 1. The molecule has 1 aliphatic heterocycles. The van der Waals surface area contributed by atoms with E-state index < -0.39 is 36.5 Å². The monoisotopic (exact) mass is 465 g/mol. The van der Waals surface area contributed by atoms with Crippen molar-refractivity contribution < 1.29 is 29.2 Å². The van der Waals surface area contributed by atoms with Gasteiger partial charge in [-0.2, -0.15) is 0 Å². The zero-order chi connectivity index (χ0) is 23.2. The van der Waals surface area contributed by atoms with Crippen molar-refractivity contribution in [2.24, 2.45) is 0 Å². The van der Waals surface area contributed by atoms with Gasteiger partial charge in [-0.15, -0.1) is 0 Å². The van der Waals surface area contributed by atoms with Crippen molar-refractivity contribution in [3.05, 3.63) is 53.2 Å². The maximum Gasteiger partial charge on any atom is 0.322 e. The number of carbonyl (C=O) groups is 1. The molecule has 4 N–H and O–H groups in total. The van der Waals surface area contributed by atoms with Crippen LogP contribution in [0.25, 0.3) is 11.0 Å². The number of aromatic nitrogens is 3. The Morgan fingerprint density at radius 1 is 1.28 bits per heavy atom. The SMILES string of the molecule is CN(C)C(=O)Nc1ncnc2c1ccn2[C@@H]1O[C@H](C(O)c2ccc(Cl)c(F)c2)[C@@H](O)[C@H]1O. The first kappa shape index (κ1) is 22.4. The molecule has 0 radical (unpaired) electrons. The number of fused-ring (bicyclic) bond motifs is 1. The normalized spacial score (nSPS) is 24.0. The van der Waals surface area contributed by atoms with Crippen molar-refractivity contribution in [1.82, 2.24) is 19.4 Å². The molecule has 1 unspecified atom stereocenters. The molecule has 3 aromatic rings. The van der Waals surface area contributed by atoms with Gasteiger partial charge < -0.3 is 29.5 Å². The van der Waals surface area contributed by atoms with E-state index in [1.54, 1.807) is 26.4 Å². The van der Waals surface area contributed by atoms with E-state index in [1.165, 1.54) is 27.9 Å². The average Bonchev–Trinajstić information content (AvgIpc) is 3.31. The first-order valence-electron chi connectivity index (χ1n) is 9.63. The molecule has 3 heterocycles. The van der Waals surface area contributed by atoms with Gasteiger partial charge >= 0.3 is 6.03 Å². The summed E-state index contributed by atoms with van der Waals surface area (Å²) in [7, 11) is 3.17. The summed E-state index contributed by atoms with van der Waals surface area (Å²) in [6.07, 6.45) is -3.87. The van der Waals surface area contributed by atoms with Gasteiger partial charge in [-0.3, -0.25) is 5.32 Å². The van der Waals surface area contributed by atoms with Gasteiger partial charge in [0.1, 0.15) is 48.0 Å². The zero-order valence-corrected chi connectivity index (χ0v) is 17.8. The van der Waals surface area contributed by atoms with Crippen molar-refractivity contribution >= 4 is 34.5 Å². The number of aliphatic hydroxyl groups excluding tert-OH is 3. The first-order valence-corrected chi connectivity index (χ1v) is 10.0. The van der Waals surface area contributed by atoms with Crippen LogP contribution < -0.4 is 5.32 Å². The summed E-state index contributed by atoms with van der Waals surface area (Å²) in [6.45, 7) is 0. The molecule has 10 nitrogen and oxygen atoms in total. The number of rotatable bonds is 4. The highest BCUT2D eigenvalue weighted by Gasteiger charge is 2.47. The molecule has 12 heteroatoms. The number of hydrogen-bond donors (Lipinski definition) is 4. The van der Waals surface area contributed by atoms with Crippen LogP contribution in [0.1, 0.15) is 17.9 Å². The molecule has 0 bridgehead atoms. The zero-order valence-electron chi connectivity index (χ0n) is 17.1. The summed E-state index contributed by atoms with van der Waals surface area (Å²) in [5.41, 5.74) is 0.468. The Hall–Kier alpha value is -2.83. The van der Waals surface area contributed by atoms with Crippen LogP contribution in [0.2, 0.25) is 5.02 Å². The Morgan fingerprint density at radius 3 is 2.72 bits per heavy atom. The molecule has 2 aromatic heterocycles. The summed E-state index contributed by atoms with van der Waals surface area (Å²) in [6, 6.07) is 4.97. The van der Waals surface area contributed by atoms with E-state index in [1.807, 2.05) is 0 Å². The van der Waals surface area contributed by atoms with E-state index in [9.17, 15) is 24.5 Å². The number of anilines is 1. The highest BCUT2D eigenvalue weighted by Crippen LogP contribution is 2.38. The van der Waals surface area contributed by atoms with Gasteiger partial charge in [0.05, 0.1) is 10.4 Å². The summed E-state index contributed by atoms with van der Waals surface area (Å²) in [5, 5.41) is 34.8. The molecule has 1 saturated heterocycles. The summed E-state index contributed by atoms with van der Waals surface area (Å²) < 4.78 is 21.1. The topological polar surface area (TPSA) is 133 Å². The van der Waals surface area contributed by atoms with Crippen LogP contribution in [0, 0.1) is 5.82 Å². The van der Waals surface area contributed by atoms with Gasteiger partial charge in [0.25, 0.3) is 0 Å². The van der Waals surface area contributed by atoms with E-state index >= 15 is 0 Å². The summed E-state index contributed by atoms with van der Waals surface area (Å²) >= 11 is 5.68. The Kier molecular flexibility index (Phi) is 6.01. The maximum atomic E-state index is 13.8. The van der Waals surface area contributed by atoms with Crippen LogP contribution in [0.15, 0.2) is 36.8 Å². The van der Waals surface area contributed by atoms with Crippen molar-refractivity contribution in [2.75, 3.05) is 19.4 Å². The predicted octanol–water partition coefficient (Wildman–Crippen LogP) is 1.67. The number of nitrogens with zero attached hydrogens (tertiary/aromatic N) is 4. The third-order valence-corrected chi connectivity index (χ3v) is 5.59. The van der Waals surface area contributed by atoms with Crippen LogP contribution in [-0.2, 0) is 4.74 Å². The molecule has 0 spiro atoms. The van der Waals surface area contributed by atoms with E-state index in [0.29, 0.717) is 11.0 Å². The van der Waals surface area contributed by atoms with E-state index in [0.717, 1.165) is 6.07 Å². The Labute approximate surface area is 186 Å². The van der Waals surface area contributed by atoms with Gasteiger partial charge in [0, 0.05) is 20.3 Å². The molecule has 0 aliphatic carbocycles. The second-order valence-electron chi connectivity index (χ2n) is 7.60.